The molecule has 0 saturated carbocycles. The highest BCUT2D eigenvalue weighted by molar-refractivity contribution is 7.03. The molecule has 0 radical (unpaired) electrons. The van der Waals surface area contributed by atoms with Gasteiger partial charge in [0.15, 0.2) is 0 Å². The first-order chi connectivity index (χ1) is 7.74. The Labute approximate surface area is 102 Å². The van der Waals surface area contributed by atoms with Crippen molar-refractivity contribution in [2.45, 2.75) is 39.8 Å². The van der Waals surface area contributed by atoms with Gasteiger partial charge in [-0.1, -0.05) is 18.3 Å². The van der Waals surface area contributed by atoms with Crippen LogP contribution in [0.5, 0.6) is 0 Å². The fourth-order valence-corrected chi connectivity index (χ4v) is 2.00. The number of aromatic nitrogens is 2. The van der Waals surface area contributed by atoms with Gasteiger partial charge in [-0.25, -0.2) is 0 Å². The van der Waals surface area contributed by atoms with Gasteiger partial charge in [-0.2, -0.15) is 0 Å². The zero-order chi connectivity index (χ0) is 11.8. The van der Waals surface area contributed by atoms with E-state index in [9.17, 15) is 0 Å². The fraction of sp³-hybridized carbons (Fsp3) is 0.818. The van der Waals surface area contributed by atoms with Crippen LogP contribution in [0.1, 0.15) is 32.9 Å². The van der Waals surface area contributed by atoms with Crippen LogP contribution in [0.3, 0.4) is 0 Å². The summed E-state index contributed by atoms with van der Waals surface area (Å²) in [7, 11) is 0. The molecule has 1 aromatic rings. The predicted molar refractivity (Wildman–Crippen MR) is 66.5 cm³/mol. The molecule has 1 rings (SSSR count). The van der Waals surface area contributed by atoms with Crippen LogP contribution in [-0.2, 0) is 11.3 Å². The molecule has 16 heavy (non-hydrogen) atoms. The van der Waals surface area contributed by atoms with E-state index in [4.69, 9.17) is 4.74 Å². The van der Waals surface area contributed by atoms with Crippen LogP contribution in [0.25, 0.3) is 0 Å². The Hall–Kier alpha value is -0.520. The van der Waals surface area contributed by atoms with Crippen LogP contribution in [0.4, 0.5) is 0 Å². The molecule has 1 N–H and O–H groups in total. The molecule has 0 aliphatic carbocycles. The highest BCUT2D eigenvalue weighted by Gasteiger charge is 2.12. The second-order valence-corrected chi connectivity index (χ2v) is 4.71. The Balaban J connectivity index is 2.13. The molecule has 0 fully saturated rings. The number of hydrogen-bond acceptors (Lipinski definition) is 5. The second kappa shape index (κ2) is 7.70. The molecule has 0 spiro atoms. The monoisotopic (exact) mass is 243 g/mol. The van der Waals surface area contributed by atoms with Crippen molar-refractivity contribution in [3.63, 3.8) is 0 Å². The van der Waals surface area contributed by atoms with Crippen molar-refractivity contribution in [3.8, 4) is 0 Å². The third-order valence-corrected chi connectivity index (χ3v) is 2.99. The highest BCUT2D eigenvalue weighted by atomic mass is 32.1. The van der Waals surface area contributed by atoms with Gasteiger partial charge in [-0.15, -0.1) is 5.10 Å². The maximum absolute atomic E-state index is 5.67. The third-order valence-electron chi connectivity index (χ3n) is 2.44. The Morgan fingerprint density at radius 2 is 2.31 bits per heavy atom. The van der Waals surface area contributed by atoms with Crippen molar-refractivity contribution in [2.75, 3.05) is 13.2 Å². The highest BCUT2D eigenvalue weighted by Crippen LogP contribution is 2.10. The fourth-order valence-electron chi connectivity index (χ4n) is 1.54. The van der Waals surface area contributed by atoms with Crippen LogP contribution in [0, 0.1) is 5.92 Å². The number of ether oxygens (including phenoxy) is 1. The predicted octanol–water partition coefficient (Wildman–Crippen LogP) is 2.08. The molecule has 92 valence electrons. The summed E-state index contributed by atoms with van der Waals surface area (Å²) in [6.45, 7) is 8.99. The maximum Gasteiger partial charge on any atom is 0.0893 e. The van der Waals surface area contributed by atoms with Gasteiger partial charge in [0.25, 0.3) is 0 Å². The molecular formula is C11H21N3OS. The smallest absolute Gasteiger partial charge is 0.0893 e. The van der Waals surface area contributed by atoms with Gasteiger partial charge in [-0.3, -0.25) is 0 Å². The van der Waals surface area contributed by atoms with E-state index in [1.165, 1.54) is 11.5 Å². The SMILES string of the molecule is CCOC(CCNCc1csnn1)C(C)C. The summed E-state index contributed by atoms with van der Waals surface area (Å²) in [5.41, 5.74) is 1.02. The minimum atomic E-state index is 0.353. The van der Waals surface area contributed by atoms with E-state index >= 15 is 0 Å². The average molecular weight is 243 g/mol. The van der Waals surface area contributed by atoms with Gasteiger partial charge in [0.1, 0.15) is 0 Å². The molecule has 4 nitrogen and oxygen atoms in total. The van der Waals surface area contributed by atoms with E-state index < -0.39 is 0 Å². The number of rotatable bonds is 8. The van der Waals surface area contributed by atoms with Gasteiger partial charge in [-0.05, 0) is 37.3 Å². The zero-order valence-electron chi connectivity index (χ0n) is 10.3. The summed E-state index contributed by atoms with van der Waals surface area (Å²) in [4.78, 5) is 0. The van der Waals surface area contributed by atoms with Gasteiger partial charge in [0.05, 0.1) is 11.8 Å². The lowest BCUT2D eigenvalue weighted by atomic mass is 10.0. The Morgan fingerprint density at radius 3 is 2.88 bits per heavy atom. The number of nitrogens with zero attached hydrogens (tertiary/aromatic N) is 2. The summed E-state index contributed by atoms with van der Waals surface area (Å²) in [5, 5.41) is 9.30. The summed E-state index contributed by atoms with van der Waals surface area (Å²) in [6.07, 6.45) is 1.40. The summed E-state index contributed by atoms with van der Waals surface area (Å²) < 4.78 is 9.50. The molecule has 0 saturated heterocycles. The quantitative estimate of drug-likeness (QED) is 0.710. The first-order valence-corrected chi connectivity index (χ1v) is 6.66. The van der Waals surface area contributed by atoms with Crippen LogP contribution in [0.2, 0.25) is 0 Å². The molecule has 1 aromatic heterocycles. The second-order valence-electron chi connectivity index (χ2n) is 4.10. The van der Waals surface area contributed by atoms with E-state index in [2.05, 4.69) is 28.8 Å². The zero-order valence-corrected chi connectivity index (χ0v) is 11.1. The number of hydrogen-bond donors (Lipinski definition) is 1. The van der Waals surface area contributed by atoms with Crippen molar-refractivity contribution in [1.29, 1.82) is 0 Å². The van der Waals surface area contributed by atoms with E-state index in [-0.39, 0.29) is 0 Å². The minimum absolute atomic E-state index is 0.353. The first-order valence-electron chi connectivity index (χ1n) is 5.82. The largest absolute Gasteiger partial charge is 0.378 e. The van der Waals surface area contributed by atoms with Crippen LogP contribution in [0.15, 0.2) is 5.38 Å². The van der Waals surface area contributed by atoms with Crippen molar-refractivity contribution in [2.24, 2.45) is 5.92 Å². The van der Waals surface area contributed by atoms with E-state index in [0.717, 1.165) is 31.8 Å². The molecule has 0 aromatic carbocycles. The van der Waals surface area contributed by atoms with Gasteiger partial charge >= 0.3 is 0 Å². The Morgan fingerprint density at radius 1 is 1.50 bits per heavy atom. The molecular weight excluding hydrogens is 222 g/mol. The van der Waals surface area contributed by atoms with Crippen molar-refractivity contribution >= 4 is 11.5 Å². The standard InChI is InChI=1S/C11H21N3OS/c1-4-15-11(9(2)3)5-6-12-7-10-8-16-14-13-10/h8-9,11-12H,4-7H2,1-3H3. The Bertz CT molecular complexity index is 264. The summed E-state index contributed by atoms with van der Waals surface area (Å²) >= 11 is 1.39. The molecule has 0 bridgehead atoms. The lowest BCUT2D eigenvalue weighted by Gasteiger charge is -2.20. The molecule has 0 aliphatic rings. The lowest BCUT2D eigenvalue weighted by molar-refractivity contribution is 0.0250. The lowest BCUT2D eigenvalue weighted by Crippen LogP contribution is -2.26. The minimum Gasteiger partial charge on any atom is -0.378 e. The third kappa shape index (κ3) is 5.01. The van der Waals surface area contributed by atoms with Gasteiger partial charge in [0.2, 0.25) is 0 Å². The van der Waals surface area contributed by atoms with Gasteiger partial charge in [0, 0.05) is 18.5 Å². The molecule has 0 aliphatic heterocycles. The van der Waals surface area contributed by atoms with E-state index in [1.807, 2.05) is 12.3 Å². The van der Waals surface area contributed by atoms with Gasteiger partial charge < -0.3 is 10.1 Å². The molecule has 1 atom stereocenters. The summed E-state index contributed by atoms with van der Waals surface area (Å²) in [6, 6.07) is 0. The van der Waals surface area contributed by atoms with E-state index in [1.54, 1.807) is 0 Å². The number of nitrogens with one attached hydrogen (secondary N) is 1. The van der Waals surface area contributed by atoms with Crippen LogP contribution in [-0.4, -0.2) is 28.8 Å². The molecule has 1 heterocycles. The van der Waals surface area contributed by atoms with Crippen LogP contribution >= 0.6 is 11.5 Å². The molecule has 0 amide bonds. The Kier molecular flexibility index (Phi) is 6.52. The normalized spacial score (nSPS) is 13.2. The average Bonchev–Trinajstić information content (AvgIpc) is 2.75. The molecule has 5 heteroatoms. The first kappa shape index (κ1) is 13.5. The maximum atomic E-state index is 5.67. The summed E-state index contributed by atoms with van der Waals surface area (Å²) in [5.74, 6) is 0.572. The van der Waals surface area contributed by atoms with Crippen molar-refractivity contribution in [1.82, 2.24) is 14.9 Å². The topological polar surface area (TPSA) is 47.0 Å². The van der Waals surface area contributed by atoms with E-state index in [0.29, 0.717) is 12.0 Å². The van der Waals surface area contributed by atoms with Crippen molar-refractivity contribution in [3.05, 3.63) is 11.1 Å². The van der Waals surface area contributed by atoms with Crippen LogP contribution < -0.4 is 5.32 Å². The van der Waals surface area contributed by atoms with Crippen molar-refractivity contribution < 1.29 is 4.74 Å². The molecule has 1 unspecified atom stereocenters.